The van der Waals surface area contributed by atoms with E-state index < -0.39 is 0 Å². The Balaban J connectivity index is 1.22. The molecule has 40 heavy (non-hydrogen) atoms. The first-order valence-electron chi connectivity index (χ1n) is 14.2. The number of carbonyl (C=O) groups is 2. The topological polar surface area (TPSA) is 62.3 Å². The van der Waals surface area contributed by atoms with Crippen molar-refractivity contribution in [2.75, 3.05) is 60.0 Å². The van der Waals surface area contributed by atoms with Crippen molar-refractivity contribution in [3.8, 4) is 11.5 Å². The van der Waals surface area contributed by atoms with E-state index in [0.717, 1.165) is 25.4 Å². The summed E-state index contributed by atoms with van der Waals surface area (Å²) in [6, 6.07) is 11.1. The molecular weight excluding hydrogens is 509 g/mol. The molecular formula is C32H40FN3O4. The van der Waals surface area contributed by atoms with E-state index in [1.807, 2.05) is 9.80 Å². The van der Waals surface area contributed by atoms with Crippen LogP contribution in [-0.4, -0.2) is 86.5 Å². The smallest absolute Gasteiger partial charge is 0.254 e. The minimum absolute atomic E-state index is 0.0457. The zero-order chi connectivity index (χ0) is 28.4. The van der Waals surface area contributed by atoms with Gasteiger partial charge < -0.3 is 19.3 Å². The first-order chi connectivity index (χ1) is 19.2. The number of rotatable bonds is 9. The van der Waals surface area contributed by atoms with E-state index in [1.54, 1.807) is 44.6 Å². The van der Waals surface area contributed by atoms with Gasteiger partial charge in [-0.1, -0.05) is 25.5 Å². The highest BCUT2D eigenvalue weighted by atomic mass is 19.1. The number of methoxy groups -OCH3 is 2. The van der Waals surface area contributed by atoms with Crippen molar-refractivity contribution in [2.45, 2.75) is 26.7 Å². The lowest BCUT2D eigenvalue weighted by Crippen LogP contribution is -2.52. The molecule has 0 radical (unpaired) electrons. The third-order valence-corrected chi connectivity index (χ3v) is 9.28. The number of allylic oxidation sites excluding steroid dienone is 1. The van der Waals surface area contributed by atoms with Gasteiger partial charge in [0.15, 0.2) is 0 Å². The molecule has 4 aliphatic rings. The summed E-state index contributed by atoms with van der Waals surface area (Å²) in [7, 11) is 3.14. The molecule has 1 saturated carbocycles. The number of fused-ring (bicyclic) bond motifs is 1. The van der Waals surface area contributed by atoms with E-state index in [2.05, 4.69) is 24.8 Å². The summed E-state index contributed by atoms with van der Waals surface area (Å²) in [4.78, 5) is 32.9. The molecule has 6 rings (SSSR count). The minimum atomic E-state index is -0.347. The van der Waals surface area contributed by atoms with Gasteiger partial charge in [-0.2, -0.15) is 0 Å². The van der Waals surface area contributed by atoms with E-state index >= 15 is 0 Å². The van der Waals surface area contributed by atoms with Gasteiger partial charge >= 0.3 is 0 Å². The van der Waals surface area contributed by atoms with Crippen molar-refractivity contribution in [3.05, 3.63) is 71.1 Å². The Bertz CT molecular complexity index is 1250. The maximum atomic E-state index is 13.6. The summed E-state index contributed by atoms with van der Waals surface area (Å²) in [5.74, 6) is 1.96. The molecule has 0 spiro atoms. The van der Waals surface area contributed by atoms with Gasteiger partial charge in [0.05, 0.1) is 14.2 Å². The zero-order valence-electron chi connectivity index (χ0n) is 24.0. The average molecular weight is 550 g/mol. The van der Waals surface area contributed by atoms with E-state index in [4.69, 9.17) is 9.47 Å². The van der Waals surface area contributed by atoms with Crippen LogP contribution >= 0.6 is 0 Å². The Morgan fingerprint density at radius 1 is 0.975 bits per heavy atom. The summed E-state index contributed by atoms with van der Waals surface area (Å²) in [5, 5.41) is 0. The average Bonchev–Trinajstić information content (AvgIpc) is 2.98. The third-order valence-electron chi connectivity index (χ3n) is 9.28. The lowest BCUT2D eigenvalue weighted by Gasteiger charge is -2.57. The van der Waals surface area contributed by atoms with Gasteiger partial charge in [0, 0.05) is 63.0 Å². The second kappa shape index (κ2) is 11.6. The number of nitrogens with zero attached hydrogens (tertiary/aromatic N) is 3. The molecule has 214 valence electrons. The number of carbonyl (C=O) groups excluding carboxylic acids is 2. The third kappa shape index (κ3) is 5.73. The van der Waals surface area contributed by atoms with Crippen molar-refractivity contribution in [3.63, 3.8) is 0 Å². The van der Waals surface area contributed by atoms with Crippen molar-refractivity contribution in [2.24, 2.45) is 17.3 Å². The Morgan fingerprint density at radius 2 is 1.62 bits per heavy atom. The normalized spacial score (nSPS) is 21.7. The molecule has 7 nitrogen and oxygen atoms in total. The van der Waals surface area contributed by atoms with Gasteiger partial charge in [-0.25, -0.2) is 4.39 Å². The molecule has 1 saturated heterocycles. The fourth-order valence-corrected chi connectivity index (χ4v) is 6.45. The predicted octanol–water partition coefficient (Wildman–Crippen LogP) is 4.74. The molecule has 1 heterocycles. The van der Waals surface area contributed by atoms with Crippen molar-refractivity contribution < 1.29 is 23.5 Å². The molecule has 2 fully saturated rings. The van der Waals surface area contributed by atoms with E-state index in [0.29, 0.717) is 61.3 Å². The predicted molar refractivity (Wildman–Crippen MR) is 152 cm³/mol. The molecule has 3 aliphatic carbocycles. The number of benzene rings is 2. The van der Waals surface area contributed by atoms with Gasteiger partial charge in [-0.05, 0) is 66.5 Å². The SMILES string of the molecule is COc1cc(OC)cc(C(=O)N2CCN(CCN(CC3=CCC4CC3C4(C)C)C(=O)c3ccc(F)cc3)CC2)c1. The van der Waals surface area contributed by atoms with E-state index in [-0.39, 0.29) is 23.0 Å². The quantitative estimate of drug-likeness (QED) is 0.423. The maximum absolute atomic E-state index is 13.6. The highest BCUT2D eigenvalue weighted by Crippen LogP contribution is 2.59. The number of amides is 2. The van der Waals surface area contributed by atoms with Crippen LogP contribution in [0, 0.1) is 23.1 Å². The first-order valence-corrected chi connectivity index (χ1v) is 14.2. The Hall–Kier alpha value is -3.39. The summed E-state index contributed by atoms with van der Waals surface area (Å²) < 4.78 is 24.2. The highest BCUT2D eigenvalue weighted by Gasteiger charge is 2.51. The second-order valence-electron chi connectivity index (χ2n) is 11.8. The minimum Gasteiger partial charge on any atom is -0.497 e. The molecule has 2 aromatic carbocycles. The number of ether oxygens (including phenoxy) is 2. The van der Waals surface area contributed by atoms with Crippen molar-refractivity contribution >= 4 is 11.8 Å². The van der Waals surface area contributed by atoms with Gasteiger partial charge in [-0.3, -0.25) is 14.5 Å². The number of halogens is 1. The van der Waals surface area contributed by atoms with Crippen LogP contribution in [0.1, 0.15) is 47.4 Å². The van der Waals surface area contributed by atoms with Crippen molar-refractivity contribution in [1.29, 1.82) is 0 Å². The summed E-state index contributed by atoms with van der Waals surface area (Å²) in [6.07, 6.45) is 4.62. The monoisotopic (exact) mass is 549 g/mol. The van der Waals surface area contributed by atoms with Crippen LogP contribution in [-0.2, 0) is 0 Å². The molecule has 2 unspecified atom stereocenters. The molecule has 0 N–H and O–H groups in total. The van der Waals surface area contributed by atoms with Gasteiger partial charge in [0.25, 0.3) is 11.8 Å². The van der Waals surface area contributed by atoms with Crippen LogP contribution < -0.4 is 9.47 Å². The molecule has 2 atom stereocenters. The van der Waals surface area contributed by atoms with Crippen LogP contribution in [0.25, 0.3) is 0 Å². The standard InChI is InChI=1S/C32H40FN3O4/c1-32(2)25-8-5-23(29(32)19-25)21-36(30(37)22-6-9-26(33)10-7-22)16-13-34-11-14-35(15-12-34)31(38)24-17-27(39-3)20-28(18-24)40-4/h5-7,9-10,17-18,20,25,29H,8,11-16,19,21H2,1-4H3. The molecule has 0 aromatic heterocycles. The van der Waals surface area contributed by atoms with Crippen LogP contribution in [0.3, 0.4) is 0 Å². The summed E-state index contributed by atoms with van der Waals surface area (Å²) in [5.41, 5.74) is 2.69. The maximum Gasteiger partial charge on any atom is 0.254 e. The zero-order valence-corrected chi connectivity index (χ0v) is 24.0. The van der Waals surface area contributed by atoms with Crippen LogP contribution in [0.5, 0.6) is 11.5 Å². The Kier molecular flexibility index (Phi) is 8.17. The van der Waals surface area contributed by atoms with Gasteiger partial charge in [-0.15, -0.1) is 0 Å². The second-order valence-corrected chi connectivity index (χ2v) is 11.8. The number of hydrogen-bond donors (Lipinski definition) is 0. The fourth-order valence-electron chi connectivity index (χ4n) is 6.45. The fraction of sp³-hybridized carbons (Fsp3) is 0.500. The van der Waals surface area contributed by atoms with E-state index in [9.17, 15) is 14.0 Å². The Morgan fingerprint density at radius 3 is 2.20 bits per heavy atom. The molecule has 2 aromatic rings. The lowest BCUT2D eigenvalue weighted by molar-refractivity contribution is -0.0105. The van der Waals surface area contributed by atoms with Gasteiger partial charge in [0.1, 0.15) is 17.3 Å². The molecule has 1 aliphatic heterocycles. The van der Waals surface area contributed by atoms with Gasteiger partial charge in [0.2, 0.25) is 0 Å². The Labute approximate surface area is 236 Å². The summed E-state index contributed by atoms with van der Waals surface area (Å²) >= 11 is 0. The van der Waals surface area contributed by atoms with Crippen LogP contribution in [0.2, 0.25) is 0 Å². The molecule has 8 heteroatoms. The highest BCUT2D eigenvalue weighted by molar-refractivity contribution is 5.95. The van der Waals surface area contributed by atoms with E-state index in [1.165, 1.54) is 24.1 Å². The molecule has 2 bridgehead atoms. The first kappa shape index (κ1) is 28.1. The lowest BCUT2D eigenvalue weighted by atomic mass is 9.49. The number of piperazine rings is 1. The number of hydrogen-bond acceptors (Lipinski definition) is 5. The van der Waals surface area contributed by atoms with Crippen LogP contribution in [0.15, 0.2) is 54.1 Å². The molecule has 2 amide bonds. The summed E-state index contributed by atoms with van der Waals surface area (Å²) in [6.45, 7) is 9.24. The largest absolute Gasteiger partial charge is 0.497 e. The van der Waals surface area contributed by atoms with Crippen molar-refractivity contribution in [1.82, 2.24) is 14.7 Å². The van der Waals surface area contributed by atoms with Crippen LogP contribution in [0.4, 0.5) is 4.39 Å².